The molecule has 4 amide bonds. The van der Waals surface area contributed by atoms with Gasteiger partial charge in [-0.3, -0.25) is 28.8 Å². The Morgan fingerprint density at radius 2 is 1.75 bits per heavy atom. The molecule has 4 aliphatic rings. The first-order valence-electron chi connectivity index (χ1n) is 21.5. The highest BCUT2D eigenvalue weighted by atomic mass is 19.1. The third-order valence-corrected chi connectivity index (χ3v) is 12.8. The number of ketones is 1. The zero-order valence-electron chi connectivity index (χ0n) is 35.5. The summed E-state index contributed by atoms with van der Waals surface area (Å²) in [6.45, 7) is 1.71. The molecule has 0 saturated heterocycles. The van der Waals surface area contributed by atoms with Gasteiger partial charge in [0.2, 0.25) is 23.6 Å². The molecule has 0 spiro atoms. The third-order valence-electron chi connectivity index (χ3n) is 12.8. The standard InChI is InChI=1S/C46H50FN7O10/c1-3-46(62)30-15-34-41-28(20-54(34)44(60)29(30)21-63-45(46)61)39-26(11-12-27-23(2)31(47)16-32(53-41)40(27)39)14-35(55)42(25-9-10-25)64-22-51-37(57)18-50-43(59)33(13-24-7-5-4-6-8-24)52-38(58)19-49-36(56)17-48/h4-8,15-16,25-26,33,42,62H,3,9-14,17-22,48H2,1-2H3,(H,49,56)(H,50,59)(H,51,57)(H,52,58)/t26-,33+,42-,46+/m1/s1. The number of aromatic nitrogens is 2. The Balaban J connectivity index is 0.963. The molecule has 336 valence electrons. The first kappa shape index (κ1) is 44.2. The third kappa shape index (κ3) is 8.52. The number of nitrogens with two attached hydrogens (primary N) is 1. The van der Waals surface area contributed by atoms with E-state index in [1.165, 1.54) is 10.6 Å². The van der Waals surface area contributed by atoms with Gasteiger partial charge >= 0.3 is 5.97 Å². The number of halogens is 1. The van der Waals surface area contributed by atoms with Gasteiger partial charge in [-0.25, -0.2) is 14.2 Å². The first-order chi connectivity index (χ1) is 30.7. The Morgan fingerprint density at radius 1 is 1.00 bits per heavy atom. The Bertz CT molecular complexity index is 2650. The fraction of sp³-hybridized carbons (Fsp3) is 0.435. The summed E-state index contributed by atoms with van der Waals surface area (Å²) in [6.07, 6.45) is 1.84. The van der Waals surface area contributed by atoms with Gasteiger partial charge in [-0.15, -0.1) is 0 Å². The summed E-state index contributed by atoms with van der Waals surface area (Å²) in [5.41, 5.74) is 7.90. The van der Waals surface area contributed by atoms with E-state index < -0.39 is 71.8 Å². The number of hydrogen-bond donors (Lipinski definition) is 6. The number of Topliss-reactive ketones (excluding diaryl/α,β-unsaturated/α-hetero) is 1. The van der Waals surface area contributed by atoms with Crippen molar-refractivity contribution in [3.8, 4) is 11.4 Å². The highest BCUT2D eigenvalue weighted by Crippen LogP contribution is 2.48. The molecule has 7 N–H and O–H groups in total. The molecule has 0 bridgehead atoms. The van der Waals surface area contributed by atoms with Crippen LogP contribution in [-0.4, -0.2) is 88.5 Å². The topological polar surface area (TPSA) is 250 Å². The molecule has 4 aromatic rings. The lowest BCUT2D eigenvalue weighted by atomic mass is 9.76. The highest BCUT2D eigenvalue weighted by Gasteiger charge is 2.46. The summed E-state index contributed by atoms with van der Waals surface area (Å²) in [5, 5.41) is 22.2. The molecule has 2 aliphatic heterocycles. The molecule has 2 aromatic carbocycles. The quantitative estimate of drug-likeness (QED) is 0.0572. The zero-order chi connectivity index (χ0) is 45.4. The Labute approximate surface area is 366 Å². The average molecular weight is 880 g/mol. The van der Waals surface area contributed by atoms with Gasteiger partial charge in [0, 0.05) is 35.4 Å². The maximum absolute atomic E-state index is 15.4. The minimum Gasteiger partial charge on any atom is -0.458 e. The molecule has 4 atom stereocenters. The van der Waals surface area contributed by atoms with Crippen molar-refractivity contribution < 1.29 is 47.7 Å². The largest absolute Gasteiger partial charge is 0.458 e. The van der Waals surface area contributed by atoms with E-state index in [1.54, 1.807) is 44.2 Å². The van der Waals surface area contributed by atoms with Crippen molar-refractivity contribution in [2.45, 2.75) is 95.6 Å². The summed E-state index contributed by atoms with van der Waals surface area (Å²) in [6, 6.07) is 10.9. The normalized spacial score (nSPS) is 19.1. The predicted molar refractivity (Wildman–Crippen MR) is 228 cm³/mol. The van der Waals surface area contributed by atoms with E-state index in [0.29, 0.717) is 40.9 Å². The summed E-state index contributed by atoms with van der Waals surface area (Å²) in [7, 11) is 0. The Hall–Kier alpha value is -6.37. The molecule has 64 heavy (non-hydrogen) atoms. The van der Waals surface area contributed by atoms with Gasteiger partial charge in [0.1, 0.15) is 31.3 Å². The van der Waals surface area contributed by atoms with E-state index in [-0.39, 0.29) is 74.4 Å². The Morgan fingerprint density at radius 3 is 2.47 bits per heavy atom. The van der Waals surface area contributed by atoms with Gasteiger partial charge in [0.25, 0.3) is 5.56 Å². The Kier molecular flexibility index (Phi) is 12.5. The van der Waals surface area contributed by atoms with Crippen LogP contribution in [0.3, 0.4) is 0 Å². The van der Waals surface area contributed by atoms with Crippen molar-refractivity contribution >= 4 is 46.3 Å². The summed E-state index contributed by atoms with van der Waals surface area (Å²) in [4.78, 5) is 96.2. The number of carbonyl (C=O) groups excluding carboxylic acids is 6. The lowest BCUT2D eigenvalue weighted by Gasteiger charge is -2.31. The molecule has 8 rings (SSSR count). The van der Waals surface area contributed by atoms with Crippen LogP contribution >= 0.6 is 0 Å². The van der Waals surface area contributed by atoms with Crippen LogP contribution in [0.2, 0.25) is 0 Å². The lowest BCUT2D eigenvalue weighted by molar-refractivity contribution is -0.172. The summed E-state index contributed by atoms with van der Waals surface area (Å²) < 4.78 is 28.3. The molecule has 2 aliphatic carbocycles. The highest BCUT2D eigenvalue weighted by molar-refractivity contribution is 5.95. The molecule has 1 fully saturated rings. The predicted octanol–water partition coefficient (Wildman–Crippen LogP) is 1.30. The number of ether oxygens (including phenoxy) is 2. The van der Waals surface area contributed by atoms with Crippen LogP contribution in [0, 0.1) is 18.7 Å². The second-order valence-electron chi connectivity index (χ2n) is 16.9. The maximum atomic E-state index is 15.4. The molecule has 17 nitrogen and oxygen atoms in total. The number of fused-ring (bicyclic) bond motifs is 5. The first-order valence-corrected chi connectivity index (χ1v) is 21.5. The SMILES string of the molecule is CC[C@@]1(O)C(=O)OCc2c1cc1n(c2=O)Cc2c-1nc1cc(F)c(C)c3c1c2[C@@H](CC(=O)[C@H](OCNC(=O)CNC(=O)[C@H](Cc1ccccc1)NC(=O)CNC(=O)CN)C1CC1)CC3. The number of pyridine rings is 2. The van der Waals surface area contributed by atoms with Crippen LogP contribution in [-0.2, 0) is 69.8 Å². The van der Waals surface area contributed by atoms with E-state index in [2.05, 4.69) is 21.3 Å². The van der Waals surface area contributed by atoms with Crippen molar-refractivity contribution in [1.29, 1.82) is 0 Å². The minimum absolute atomic E-state index is 0.0235. The van der Waals surface area contributed by atoms with Crippen molar-refractivity contribution in [3.63, 3.8) is 0 Å². The molecule has 2 aromatic heterocycles. The number of rotatable bonds is 17. The van der Waals surface area contributed by atoms with E-state index in [1.807, 2.05) is 6.07 Å². The number of esters is 1. The zero-order valence-corrected chi connectivity index (χ0v) is 35.5. The van der Waals surface area contributed by atoms with E-state index >= 15 is 4.39 Å². The van der Waals surface area contributed by atoms with Gasteiger partial charge in [0.05, 0.1) is 48.6 Å². The number of aliphatic hydroxyl groups is 1. The minimum atomic E-state index is -2.02. The summed E-state index contributed by atoms with van der Waals surface area (Å²) in [5.74, 6) is -4.24. The van der Waals surface area contributed by atoms with Crippen molar-refractivity contribution in [3.05, 3.63) is 97.6 Å². The number of nitrogens with one attached hydrogen (secondary N) is 4. The number of amides is 4. The van der Waals surface area contributed by atoms with Gasteiger partial charge < -0.3 is 46.1 Å². The monoisotopic (exact) mass is 879 g/mol. The second-order valence-corrected chi connectivity index (χ2v) is 16.9. The van der Waals surface area contributed by atoms with Crippen molar-refractivity contribution in [2.75, 3.05) is 26.4 Å². The van der Waals surface area contributed by atoms with Crippen LogP contribution in [0.1, 0.15) is 83.9 Å². The molecule has 1 saturated carbocycles. The van der Waals surface area contributed by atoms with Crippen LogP contribution in [0.5, 0.6) is 0 Å². The number of carbonyl (C=O) groups is 6. The van der Waals surface area contributed by atoms with Gasteiger partial charge in [-0.1, -0.05) is 37.3 Å². The van der Waals surface area contributed by atoms with Crippen LogP contribution in [0.15, 0.2) is 47.3 Å². The molecule has 0 unspecified atom stereocenters. The smallest absolute Gasteiger partial charge is 0.343 e. The van der Waals surface area contributed by atoms with E-state index in [4.69, 9.17) is 20.2 Å². The lowest BCUT2D eigenvalue weighted by Crippen LogP contribution is -2.52. The fourth-order valence-corrected chi connectivity index (χ4v) is 9.23. The molecular weight excluding hydrogens is 830 g/mol. The maximum Gasteiger partial charge on any atom is 0.343 e. The average Bonchev–Trinajstić information content (AvgIpc) is 4.07. The van der Waals surface area contributed by atoms with E-state index in [9.17, 15) is 38.7 Å². The second kappa shape index (κ2) is 18.0. The van der Waals surface area contributed by atoms with Gasteiger partial charge in [0.15, 0.2) is 11.4 Å². The van der Waals surface area contributed by atoms with Gasteiger partial charge in [-0.05, 0) is 79.2 Å². The van der Waals surface area contributed by atoms with Crippen LogP contribution in [0.25, 0.3) is 22.3 Å². The van der Waals surface area contributed by atoms with Gasteiger partial charge in [-0.2, -0.15) is 0 Å². The van der Waals surface area contributed by atoms with Crippen molar-refractivity contribution in [2.24, 2.45) is 11.7 Å². The fourth-order valence-electron chi connectivity index (χ4n) is 9.23. The molecule has 18 heteroatoms. The molecule has 4 heterocycles. The number of aryl methyl sites for hydroxylation is 1. The molecule has 0 radical (unpaired) electrons. The van der Waals surface area contributed by atoms with Crippen molar-refractivity contribution in [1.82, 2.24) is 30.8 Å². The number of hydrogen-bond acceptors (Lipinski definition) is 12. The summed E-state index contributed by atoms with van der Waals surface area (Å²) >= 11 is 0. The number of nitrogens with zero attached hydrogens (tertiary/aromatic N) is 2. The van der Waals surface area contributed by atoms with Crippen LogP contribution < -0.4 is 32.6 Å². The number of benzene rings is 2. The van der Waals surface area contributed by atoms with Crippen LogP contribution in [0.4, 0.5) is 4.39 Å². The number of cyclic esters (lactones) is 1. The van der Waals surface area contributed by atoms with E-state index in [0.717, 1.165) is 34.9 Å². The molecular formula is C46H50FN7O10.